The van der Waals surface area contributed by atoms with Gasteiger partial charge in [-0.3, -0.25) is 4.99 Å². The van der Waals surface area contributed by atoms with Crippen LogP contribution in [0.1, 0.15) is 110 Å². The molecule has 0 saturated carbocycles. The van der Waals surface area contributed by atoms with Gasteiger partial charge in [-0.25, -0.2) is 0 Å². The van der Waals surface area contributed by atoms with E-state index >= 15 is 0 Å². The number of hydrogen-bond acceptors (Lipinski definition) is 2. The fourth-order valence-electron chi connectivity index (χ4n) is 3.95. The SMILES string of the molecule is CCCCCCCC/C=C\CCCCCCC(CCC)CN1C=NCC1. The van der Waals surface area contributed by atoms with Crippen molar-refractivity contribution in [3.63, 3.8) is 0 Å². The molecule has 26 heavy (non-hydrogen) atoms. The zero-order valence-corrected chi connectivity index (χ0v) is 17.9. The van der Waals surface area contributed by atoms with Crippen LogP contribution in [0.5, 0.6) is 0 Å². The predicted octanol–water partition coefficient (Wildman–Crippen LogP) is 7.39. The van der Waals surface area contributed by atoms with E-state index in [2.05, 4.69) is 42.2 Å². The van der Waals surface area contributed by atoms with Crippen molar-refractivity contribution in [2.45, 2.75) is 110 Å². The van der Waals surface area contributed by atoms with E-state index in [9.17, 15) is 0 Å². The standard InChI is InChI=1S/C24H46N2/c1-3-5-6-7-8-9-10-11-12-13-14-15-16-17-19-24(18-4-2)22-26-21-20-25-23-26/h11-12,23-24H,3-10,13-22H2,1-2H3/b12-11-. The molecule has 0 aromatic heterocycles. The Labute approximate surface area is 164 Å². The van der Waals surface area contributed by atoms with Gasteiger partial charge in [0.2, 0.25) is 0 Å². The predicted molar refractivity (Wildman–Crippen MR) is 118 cm³/mol. The van der Waals surface area contributed by atoms with E-state index in [1.54, 1.807) is 0 Å². The Kier molecular flexibility index (Phi) is 15.8. The number of nitrogens with zero attached hydrogens (tertiary/aromatic N) is 2. The molecule has 2 nitrogen and oxygen atoms in total. The number of unbranched alkanes of at least 4 members (excludes halogenated alkanes) is 10. The summed E-state index contributed by atoms with van der Waals surface area (Å²) < 4.78 is 0. The van der Waals surface area contributed by atoms with Crippen LogP contribution in [0, 0.1) is 5.92 Å². The highest BCUT2D eigenvalue weighted by Crippen LogP contribution is 2.18. The molecule has 0 spiro atoms. The third kappa shape index (κ3) is 13.4. The van der Waals surface area contributed by atoms with Crippen molar-refractivity contribution in [3.05, 3.63) is 12.2 Å². The molecule has 0 aliphatic carbocycles. The lowest BCUT2D eigenvalue weighted by molar-refractivity contribution is 0.321. The first-order valence-electron chi connectivity index (χ1n) is 11.8. The summed E-state index contributed by atoms with van der Waals surface area (Å²) in [5.74, 6) is 0.877. The van der Waals surface area contributed by atoms with Crippen molar-refractivity contribution in [1.29, 1.82) is 0 Å². The Balaban J connectivity index is 1.89. The van der Waals surface area contributed by atoms with Gasteiger partial charge in [-0.15, -0.1) is 0 Å². The Morgan fingerprint density at radius 3 is 2.08 bits per heavy atom. The summed E-state index contributed by atoms with van der Waals surface area (Å²) in [6.07, 6.45) is 27.7. The maximum absolute atomic E-state index is 4.35. The molecule has 152 valence electrons. The fourth-order valence-corrected chi connectivity index (χ4v) is 3.95. The van der Waals surface area contributed by atoms with E-state index in [1.807, 2.05) is 0 Å². The van der Waals surface area contributed by atoms with E-state index in [0.717, 1.165) is 19.0 Å². The Bertz CT molecular complexity index is 348. The first-order chi connectivity index (χ1) is 12.9. The van der Waals surface area contributed by atoms with Gasteiger partial charge in [0.25, 0.3) is 0 Å². The second-order valence-electron chi connectivity index (χ2n) is 8.19. The van der Waals surface area contributed by atoms with Crippen molar-refractivity contribution in [2.75, 3.05) is 19.6 Å². The second-order valence-corrected chi connectivity index (χ2v) is 8.19. The van der Waals surface area contributed by atoms with Crippen molar-refractivity contribution in [1.82, 2.24) is 4.90 Å². The summed E-state index contributed by atoms with van der Waals surface area (Å²) in [6.45, 7) is 7.99. The lowest BCUT2D eigenvalue weighted by Crippen LogP contribution is -2.26. The molecule has 0 N–H and O–H groups in total. The van der Waals surface area contributed by atoms with Gasteiger partial charge >= 0.3 is 0 Å². The molecule has 0 aromatic carbocycles. The van der Waals surface area contributed by atoms with Crippen LogP contribution in [-0.4, -0.2) is 30.9 Å². The van der Waals surface area contributed by atoms with Crippen LogP contribution < -0.4 is 0 Å². The Morgan fingerprint density at radius 2 is 1.46 bits per heavy atom. The zero-order chi connectivity index (χ0) is 18.7. The minimum Gasteiger partial charge on any atom is -0.361 e. The monoisotopic (exact) mass is 362 g/mol. The highest BCUT2D eigenvalue weighted by Gasteiger charge is 2.13. The smallest absolute Gasteiger partial charge is 0.0851 e. The maximum atomic E-state index is 4.35. The zero-order valence-electron chi connectivity index (χ0n) is 17.9. The van der Waals surface area contributed by atoms with Gasteiger partial charge in [-0.2, -0.15) is 0 Å². The molecule has 0 fully saturated rings. The number of allylic oxidation sites excluding steroid dienone is 2. The lowest BCUT2D eigenvalue weighted by Gasteiger charge is -2.22. The highest BCUT2D eigenvalue weighted by atomic mass is 15.2. The molecule has 1 unspecified atom stereocenters. The minimum absolute atomic E-state index is 0.877. The number of hydrogen-bond donors (Lipinski definition) is 0. The van der Waals surface area contributed by atoms with Crippen LogP contribution in [0.25, 0.3) is 0 Å². The van der Waals surface area contributed by atoms with E-state index in [-0.39, 0.29) is 0 Å². The van der Waals surface area contributed by atoms with Crippen LogP contribution in [0.2, 0.25) is 0 Å². The van der Waals surface area contributed by atoms with Gasteiger partial charge in [-0.1, -0.05) is 83.8 Å². The van der Waals surface area contributed by atoms with E-state index in [0.29, 0.717) is 0 Å². The topological polar surface area (TPSA) is 15.6 Å². The van der Waals surface area contributed by atoms with Crippen LogP contribution in [-0.2, 0) is 0 Å². The van der Waals surface area contributed by atoms with Crippen LogP contribution in [0.4, 0.5) is 0 Å². The van der Waals surface area contributed by atoms with Crippen molar-refractivity contribution in [2.24, 2.45) is 10.9 Å². The van der Waals surface area contributed by atoms with E-state index in [1.165, 1.54) is 103 Å². The van der Waals surface area contributed by atoms with Gasteiger partial charge in [0.05, 0.1) is 12.9 Å². The molecular formula is C24H46N2. The van der Waals surface area contributed by atoms with Gasteiger partial charge < -0.3 is 4.90 Å². The van der Waals surface area contributed by atoms with Crippen molar-refractivity contribution >= 4 is 6.34 Å². The molecular weight excluding hydrogens is 316 g/mol. The highest BCUT2D eigenvalue weighted by molar-refractivity contribution is 5.56. The van der Waals surface area contributed by atoms with E-state index < -0.39 is 0 Å². The third-order valence-corrected chi connectivity index (χ3v) is 5.58. The summed E-state index contributed by atoms with van der Waals surface area (Å²) in [5.41, 5.74) is 0. The molecule has 1 atom stereocenters. The summed E-state index contributed by atoms with van der Waals surface area (Å²) in [7, 11) is 0. The molecule has 1 rings (SSSR count). The molecule has 1 aliphatic heterocycles. The van der Waals surface area contributed by atoms with E-state index in [4.69, 9.17) is 0 Å². The summed E-state index contributed by atoms with van der Waals surface area (Å²) in [6, 6.07) is 0. The van der Waals surface area contributed by atoms with Gasteiger partial charge in [0, 0.05) is 13.1 Å². The normalized spacial score (nSPS) is 15.4. The first kappa shape index (κ1) is 23.2. The maximum Gasteiger partial charge on any atom is 0.0851 e. The van der Waals surface area contributed by atoms with Crippen LogP contribution in [0.3, 0.4) is 0 Å². The molecule has 0 radical (unpaired) electrons. The number of aliphatic imine (C=N–C) groups is 1. The van der Waals surface area contributed by atoms with Gasteiger partial charge in [0.1, 0.15) is 0 Å². The summed E-state index contributed by atoms with van der Waals surface area (Å²) >= 11 is 0. The van der Waals surface area contributed by atoms with Crippen LogP contribution >= 0.6 is 0 Å². The number of rotatable bonds is 18. The average molecular weight is 363 g/mol. The minimum atomic E-state index is 0.877. The summed E-state index contributed by atoms with van der Waals surface area (Å²) in [5, 5.41) is 0. The molecule has 0 amide bonds. The van der Waals surface area contributed by atoms with Crippen molar-refractivity contribution < 1.29 is 0 Å². The van der Waals surface area contributed by atoms with Crippen molar-refractivity contribution in [3.8, 4) is 0 Å². The van der Waals surface area contributed by atoms with Crippen LogP contribution in [0.15, 0.2) is 17.1 Å². The molecule has 2 heteroatoms. The molecule has 1 heterocycles. The molecule has 0 bridgehead atoms. The van der Waals surface area contributed by atoms with Gasteiger partial charge in [-0.05, 0) is 44.4 Å². The quantitative estimate of drug-likeness (QED) is 0.183. The molecule has 0 saturated heterocycles. The average Bonchev–Trinajstić information content (AvgIpc) is 3.15. The largest absolute Gasteiger partial charge is 0.361 e. The third-order valence-electron chi connectivity index (χ3n) is 5.58. The molecule has 0 aromatic rings. The van der Waals surface area contributed by atoms with Gasteiger partial charge in [0.15, 0.2) is 0 Å². The fraction of sp³-hybridized carbons (Fsp3) is 0.875. The Hall–Kier alpha value is -0.790. The lowest BCUT2D eigenvalue weighted by atomic mass is 9.95. The molecule has 1 aliphatic rings. The first-order valence-corrected chi connectivity index (χ1v) is 11.8. The summed E-state index contributed by atoms with van der Waals surface area (Å²) in [4.78, 5) is 6.77. The second kappa shape index (κ2) is 17.6. The Morgan fingerprint density at radius 1 is 0.808 bits per heavy atom.